The largest absolute Gasteiger partial charge is 0.477 e. The monoisotopic (exact) mass is 204 g/mol. The zero-order chi connectivity index (χ0) is 10.7. The van der Waals surface area contributed by atoms with Gasteiger partial charge >= 0.3 is 5.97 Å². The first-order chi connectivity index (χ1) is 7.25. The molecule has 0 amide bonds. The summed E-state index contributed by atoms with van der Waals surface area (Å²) in [6.45, 7) is 0.489. The van der Waals surface area contributed by atoms with E-state index in [0.29, 0.717) is 6.54 Å². The normalized spacial score (nSPS) is 10.1. The highest BCUT2D eigenvalue weighted by Crippen LogP contribution is 2.03. The summed E-state index contributed by atoms with van der Waals surface area (Å²) in [7, 11) is 0. The molecule has 0 aliphatic carbocycles. The van der Waals surface area contributed by atoms with Crippen LogP contribution in [-0.2, 0) is 6.54 Å². The average Bonchev–Trinajstić information content (AvgIpc) is 2.71. The molecule has 6 nitrogen and oxygen atoms in total. The number of hydrogen-bond acceptors (Lipinski definition) is 4. The standard InChI is InChI=1S/C9H8N4O2/c14-9(15)8-3-7(1-2-11-8)4-13-6-10-5-12-13/h1-3,5-6H,4H2,(H,14,15). The third-order valence-electron chi connectivity index (χ3n) is 1.85. The predicted molar refractivity (Wildman–Crippen MR) is 50.3 cm³/mol. The number of carbonyl (C=O) groups is 1. The Morgan fingerprint density at radius 2 is 2.40 bits per heavy atom. The van der Waals surface area contributed by atoms with Crippen molar-refractivity contribution in [1.82, 2.24) is 19.7 Å². The van der Waals surface area contributed by atoms with Crippen LogP contribution < -0.4 is 0 Å². The molecule has 0 aliphatic rings. The molecule has 0 aliphatic heterocycles. The van der Waals surface area contributed by atoms with E-state index in [4.69, 9.17) is 5.11 Å². The summed E-state index contributed by atoms with van der Waals surface area (Å²) in [5, 5.41) is 12.7. The Labute approximate surface area is 85.2 Å². The van der Waals surface area contributed by atoms with E-state index < -0.39 is 5.97 Å². The first-order valence-corrected chi connectivity index (χ1v) is 4.26. The van der Waals surface area contributed by atoms with E-state index in [2.05, 4.69) is 15.1 Å². The fourth-order valence-corrected chi connectivity index (χ4v) is 1.19. The molecule has 0 spiro atoms. The zero-order valence-electron chi connectivity index (χ0n) is 7.74. The van der Waals surface area contributed by atoms with Crippen molar-refractivity contribution in [3.63, 3.8) is 0 Å². The lowest BCUT2D eigenvalue weighted by molar-refractivity contribution is 0.0690. The minimum atomic E-state index is -1.03. The maximum atomic E-state index is 10.7. The number of pyridine rings is 1. The van der Waals surface area contributed by atoms with Gasteiger partial charge in [-0.1, -0.05) is 0 Å². The molecule has 0 atom stereocenters. The average molecular weight is 204 g/mol. The van der Waals surface area contributed by atoms with E-state index in [9.17, 15) is 4.79 Å². The van der Waals surface area contributed by atoms with Crippen molar-refractivity contribution < 1.29 is 9.90 Å². The second-order valence-electron chi connectivity index (χ2n) is 2.95. The number of carboxylic acid groups (broad SMARTS) is 1. The summed E-state index contributed by atoms with van der Waals surface area (Å²) >= 11 is 0. The van der Waals surface area contributed by atoms with Gasteiger partial charge in [-0.05, 0) is 17.7 Å². The first kappa shape index (κ1) is 9.32. The lowest BCUT2D eigenvalue weighted by Gasteiger charge is -2.01. The molecule has 0 saturated carbocycles. The summed E-state index contributed by atoms with van der Waals surface area (Å²) in [5.41, 5.74) is 0.862. The molecule has 0 bridgehead atoms. The van der Waals surface area contributed by atoms with Crippen LogP contribution in [0.5, 0.6) is 0 Å². The van der Waals surface area contributed by atoms with E-state index >= 15 is 0 Å². The van der Waals surface area contributed by atoms with Gasteiger partial charge in [-0.25, -0.2) is 19.4 Å². The number of hydrogen-bond donors (Lipinski definition) is 1. The Morgan fingerprint density at radius 1 is 1.53 bits per heavy atom. The van der Waals surface area contributed by atoms with Crippen molar-refractivity contribution in [1.29, 1.82) is 0 Å². The van der Waals surface area contributed by atoms with Crippen molar-refractivity contribution >= 4 is 5.97 Å². The highest BCUT2D eigenvalue weighted by atomic mass is 16.4. The molecular formula is C9H8N4O2. The second kappa shape index (κ2) is 3.87. The van der Waals surface area contributed by atoms with Crippen LogP contribution in [0.1, 0.15) is 16.1 Å². The van der Waals surface area contributed by atoms with Crippen LogP contribution in [0.15, 0.2) is 31.0 Å². The van der Waals surface area contributed by atoms with E-state index in [1.165, 1.54) is 18.6 Å². The molecule has 0 fully saturated rings. The third kappa shape index (κ3) is 2.16. The highest BCUT2D eigenvalue weighted by Gasteiger charge is 2.05. The maximum Gasteiger partial charge on any atom is 0.354 e. The van der Waals surface area contributed by atoms with E-state index in [0.717, 1.165) is 5.56 Å². The molecule has 6 heteroatoms. The number of nitrogens with zero attached hydrogens (tertiary/aromatic N) is 4. The van der Waals surface area contributed by atoms with Gasteiger partial charge in [0, 0.05) is 6.20 Å². The summed E-state index contributed by atoms with van der Waals surface area (Å²) < 4.78 is 1.61. The smallest absolute Gasteiger partial charge is 0.354 e. The summed E-state index contributed by atoms with van der Waals surface area (Å²) in [6, 6.07) is 3.26. The molecule has 0 unspecified atom stereocenters. The van der Waals surface area contributed by atoms with Gasteiger partial charge in [0.25, 0.3) is 0 Å². The fraction of sp³-hybridized carbons (Fsp3) is 0.111. The van der Waals surface area contributed by atoms with Crippen LogP contribution in [0.25, 0.3) is 0 Å². The summed E-state index contributed by atoms with van der Waals surface area (Å²) in [5.74, 6) is -1.03. The van der Waals surface area contributed by atoms with Crippen LogP contribution >= 0.6 is 0 Å². The SMILES string of the molecule is O=C(O)c1cc(Cn2cncn2)ccn1. The number of rotatable bonds is 3. The number of aromatic carboxylic acids is 1. The first-order valence-electron chi connectivity index (χ1n) is 4.26. The number of carboxylic acids is 1. The molecule has 2 rings (SSSR count). The van der Waals surface area contributed by atoms with Gasteiger partial charge in [-0.2, -0.15) is 5.10 Å². The molecule has 1 N–H and O–H groups in total. The molecule has 0 radical (unpaired) electrons. The van der Waals surface area contributed by atoms with Crippen LogP contribution in [0.2, 0.25) is 0 Å². The molecule has 2 aromatic rings. The van der Waals surface area contributed by atoms with Gasteiger partial charge in [-0.15, -0.1) is 0 Å². The molecule has 2 heterocycles. The third-order valence-corrected chi connectivity index (χ3v) is 1.85. The summed E-state index contributed by atoms with van der Waals surface area (Å²) in [6.07, 6.45) is 4.47. The molecule has 15 heavy (non-hydrogen) atoms. The Hall–Kier alpha value is -2.24. The van der Waals surface area contributed by atoms with Gasteiger partial charge in [0.15, 0.2) is 0 Å². The van der Waals surface area contributed by atoms with Crippen molar-refractivity contribution in [3.05, 3.63) is 42.2 Å². The molecule has 0 aromatic carbocycles. The minimum absolute atomic E-state index is 0.0348. The lowest BCUT2D eigenvalue weighted by Crippen LogP contribution is -2.04. The second-order valence-corrected chi connectivity index (χ2v) is 2.95. The zero-order valence-corrected chi connectivity index (χ0v) is 7.74. The van der Waals surface area contributed by atoms with Crippen molar-refractivity contribution in [3.8, 4) is 0 Å². The summed E-state index contributed by atoms with van der Waals surface area (Å²) in [4.78, 5) is 18.2. The highest BCUT2D eigenvalue weighted by molar-refractivity contribution is 5.85. The Kier molecular flexibility index (Phi) is 2.40. The van der Waals surface area contributed by atoms with Gasteiger partial charge in [-0.3, -0.25) is 0 Å². The van der Waals surface area contributed by atoms with Crippen molar-refractivity contribution in [2.75, 3.05) is 0 Å². The minimum Gasteiger partial charge on any atom is -0.477 e. The van der Waals surface area contributed by atoms with Crippen LogP contribution in [0.4, 0.5) is 0 Å². The van der Waals surface area contributed by atoms with Crippen LogP contribution in [-0.4, -0.2) is 30.8 Å². The van der Waals surface area contributed by atoms with Crippen molar-refractivity contribution in [2.45, 2.75) is 6.54 Å². The topological polar surface area (TPSA) is 80.9 Å². The number of aromatic nitrogens is 4. The molecule has 0 saturated heterocycles. The van der Waals surface area contributed by atoms with Crippen molar-refractivity contribution in [2.24, 2.45) is 0 Å². The Bertz CT molecular complexity index is 467. The molecule has 76 valence electrons. The fourth-order valence-electron chi connectivity index (χ4n) is 1.19. The van der Waals surface area contributed by atoms with Crippen LogP contribution in [0, 0.1) is 0 Å². The van der Waals surface area contributed by atoms with E-state index in [-0.39, 0.29) is 5.69 Å². The Balaban J connectivity index is 2.22. The van der Waals surface area contributed by atoms with Gasteiger partial charge in [0.2, 0.25) is 0 Å². The Morgan fingerprint density at radius 3 is 3.07 bits per heavy atom. The van der Waals surface area contributed by atoms with E-state index in [1.807, 2.05) is 0 Å². The van der Waals surface area contributed by atoms with Gasteiger partial charge < -0.3 is 5.11 Å². The van der Waals surface area contributed by atoms with Gasteiger partial charge in [0.05, 0.1) is 6.54 Å². The molecular weight excluding hydrogens is 196 g/mol. The van der Waals surface area contributed by atoms with Crippen LogP contribution in [0.3, 0.4) is 0 Å². The maximum absolute atomic E-state index is 10.7. The van der Waals surface area contributed by atoms with E-state index in [1.54, 1.807) is 17.1 Å². The quantitative estimate of drug-likeness (QED) is 0.783. The lowest BCUT2D eigenvalue weighted by atomic mass is 10.2. The molecule has 2 aromatic heterocycles. The predicted octanol–water partition coefficient (Wildman–Crippen LogP) is 0.420. The van der Waals surface area contributed by atoms with Gasteiger partial charge in [0.1, 0.15) is 18.3 Å².